The molecule has 0 bridgehead atoms. The fourth-order valence-corrected chi connectivity index (χ4v) is 2.70. The zero-order valence-electron chi connectivity index (χ0n) is 12.3. The summed E-state index contributed by atoms with van der Waals surface area (Å²) in [4.78, 5) is 21.2. The summed E-state index contributed by atoms with van der Waals surface area (Å²) < 4.78 is 1.72. The minimum atomic E-state index is -0.948. The monoisotopic (exact) mass is 334 g/mol. The molecule has 0 unspecified atom stereocenters. The summed E-state index contributed by atoms with van der Waals surface area (Å²) in [6.07, 6.45) is 1.65. The van der Waals surface area contributed by atoms with Gasteiger partial charge in [0.25, 0.3) is 5.69 Å². The lowest BCUT2D eigenvalue weighted by atomic mass is 10.1. The summed E-state index contributed by atoms with van der Waals surface area (Å²) in [5.74, 6) is -0.569. The molecule has 8 nitrogen and oxygen atoms in total. The Morgan fingerprint density at radius 2 is 2.26 bits per heavy atom. The molecular formula is C14H14N4O4S. The number of hydrogen-bond donors (Lipinski definition) is 1. The van der Waals surface area contributed by atoms with Crippen molar-refractivity contribution >= 4 is 23.4 Å². The summed E-state index contributed by atoms with van der Waals surface area (Å²) in [5.41, 5.74) is 1.22. The Balaban J connectivity index is 2.42. The van der Waals surface area contributed by atoms with Crippen LogP contribution in [0.25, 0.3) is 11.4 Å². The van der Waals surface area contributed by atoms with E-state index >= 15 is 0 Å². The summed E-state index contributed by atoms with van der Waals surface area (Å²) in [6, 6.07) is 4.68. The molecule has 23 heavy (non-hydrogen) atoms. The Hall–Kier alpha value is -2.68. The van der Waals surface area contributed by atoms with Gasteiger partial charge in [-0.1, -0.05) is 17.8 Å². The first-order valence-electron chi connectivity index (χ1n) is 6.58. The second-order valence-corrected chi connectivity index (χ2v) is 5.59. The zero-order chi connectivity index (χ0) is 17.0. The number of rotatable bonds is 7. The molecule has 1 N–H and O–H groups in total. The van der Waals surface area contributed by atoms with Crippen molar-refractivity contribution in [2.45, 2.75) is 18.6 Å². The van der Waals surface area contributed by atoms with E-state index in [1.807, 2.05) is 0 Å². The fourth-order valence-electron chi connectivity index (χ4n) is 2.03. The van der Waals surface area contributed by atoms with Gasteiger partial charge in [-0.25, -0.2) is 0 Å². The fraction of sp³-hybridized carbons (Fsp3) is 0.214. The van der Waals surface area contributed by atoms with Crippen LogP contribution in [-0.2, 0) is 11.3 Å². The predicted molar refractivity (Wildman–Crippen MR) is 85.4 cm³/mol. The van der Waals surface area contributed by atoms with E-state index in [-0.39, 0.29) is 11.4 Å². The summed E-state index contributed by atoms with van der Waals surface area (Å²) in [7, 11) is 0. The standard InChI is InChI=1S/C14H14N4O4S/c1-3-6-17-13(15-16-14(17)23-8-12(19)20)10-4-5-11(18(21)22)9(2)7-10/h3-5,7H,1,6,8H2,2H3,(H,19,20). The van der Waals surface area contributed by atoms with Crippen LogP contribution in [0.5, 0.6) is 0 Å². The van der Waals surface area contributed by atoms with Crippen LogP contribution < -0.4 is 0 Å². The van der Waals surface area contributed by atoms with E-state index in [0.29, 0.717) is 28.7 Å². The molecule has 0 spiro atoms. The molecule has 9 heteroatoms. The number of nitro benzene ring substituents is 1. The third kappa shape index (κ3) is 3.75. The van der Waals surface area contributed by atoms with Gasteiger partial charge in [-0.3, -0.25) is 19.5 Å². The van der Waals surface area contributed by atoms with Gasteiger partial charge in [0, 0.05) is 23.7 Å². The molecule has 2 rings (SSSR count). The topological polar surface area (TPSA) is 111 Å². The maximum Gasteiger partial charge on any atom is 0.313 e. The number of benzene rings is 1. The molecule has 1 aromatic carbocycles. The van der Waals surface area contributed by atoms with Gasteiger partial charge in [0.2, 0.25) is 0 Å². The number of thioether (sulfide) groups is 1. The maximum atomic E-state index is 10.9. The number of carboxylic acid groups (broad SMARTS) is 1. The van der Waals surface area contributed by atoms with Gasteiger partial charge in [0.1, 0.15) is 0 Å². The molecule has 120 valence electrons. The summed E-state index contributed by atoms with van der Waals surface area (Å²) in [6.45, 7) is 5.72. The van der Waals surface area contributed by atoms with Crippen LogP contribution in [0.1, 0.15) is 5.56 Å². The molecule has 0 fully saturated rings. The Morgan fingerprint density at radius 3 is 2.83 bits per heavy atom. The number of aromatic nitrogens is 3. The van der Waals surface area contributed by atoms with Crippen LogP contribution in [0.4, 0.5) is 5.69 Å². The molecule has 0 saturated heterocycles. The Labute approximate surface area is 136 Å². The number of aliphatic carboxylic acids is 1. The number of carboxylic acids is 1. The van der Waals surface area contributed by atoms with Crippen molar-refractivity contribution in [1.82, 2.24) is 14.8 Å². The molecular weight excluding hydrogens is 320 g/mol. The average Bonchev–Trinajstić information content (AvgIpc) is 2.88. The molecule has 0 atom stereocenters. The van der Waals surface area contributed by atoms with Crippen LogP contribution >= 0.6 is 11.8 Å². The van der Waals surface area contributed by atoms with Gasteiger partial charge in [0.05, 0.1) is 10.7 Å². The Kier molecular flexibility index (Phi) is 5.12. The average molecular weight is 334 g/mol. The normalized spacial score (nSPS) is 10.5. The lowest BCUT2D eigenvalue weighted by Crippen LogP contribution is -2.04. The molecule has 0 saturated carbocycles. The highest BCUT2D eigenvalue weighted by atomic mass is 32.2. The lowest BCUT2D eigenvalue weighted by molar-refractivity contribution is -0.385. The van der Waals surface area contributed by atoms with E-state index in [4.69, 9.17) is 5.11 Å². The highest BCUT2D eigenvalue weighted by molar-refractivity contribution is 7.99. The van der Waals surface area contributed by atoms with E-state index < -0.39 is 10.9 Å². The zero-order valence-corrected chi connectivity index (χ0v) is 13.1. The highest BCUT2D eigenvalue weighted by Crippen LogP contribution is 2.27. The first-order chi connectivity index (χ1) is 10.9. The van der Waals surface area contributed by atoms with E-state index in [1.165, 1.54) is 6.07 Å². The Morgan fingerprint density at radius 1 is 1.52 bits per heavy atom. The van der Waals surface area contributed by atoms with Crippen molar-refractivity contribution in [3.8, 4) is 11.4 Å². The van der Waals surface area contributed by atoms with Crippen molar-refractivity contribution in [1.29, 1.82) is 0 Å². The second kappa shape index (κ2) is 7.05. The van der Waals surface area contributed by atoms with Crippen LogP contribution in [-0.4, -0.2) is 36.5 Å². The second-order valence-electron chi connectivity index (χ2n) is 4.65. The number of allylic oxidation sites excluding steroid dienone is 1. The van der Waals surface area contributed by atoms with E-state index in [1.54, 1.807) is 29.7 Å². The number of aryl methyl sites for hydroxylation is 1. The van der Waals surface area contributed by atoms with Crippen molar-refractivity contribution in [2.24, 2.45) is 0 Å². The maximum absolute atomic E-state index is 10.9. The van der Waals surface area contributed by atoms with Gasteiger partial charge in [-0.15, -0.1) is 16.8 Å². The predicted octanol–water partition coefficient (Wildman–Crippen LogP) is 2.52. The van der Waals surface area contributed by atoms with Crippen LogP contribution in [0.3, 0.4) is 0 Å². The summed E-state index contributed by atoms with van der Waals surface area (Å²) in [5, 5.41) is 28.2. The SMILES string of the molecule is C=CCn1c(SCC(=O)O)nnc1-c1ccc([N+](=O)[O-])c(C)c1. The number of nitrogens with zero attached hydrogens (tertiary/aromatic N) is 4. The Bertz CT molecular complexity index is 772. The number of carbonyl (C=O) groups is 1. The van der Waals surface area contributed by atoms with Crippen molar-refractivity contribution in [2.75, 3.05) is 5.75 Å². The number of nitro groups is 1. The minimum Gasteiger partial charge on any atom is -0.481 e. The lowest BCUT2D eigenvalue weighted by Gasteiger charge is -2.07. The number of hydrogen-bond acceptors (Lipinski definition) is 6. The first kappa shape index (κ1) is 16.7. The summed E-state index contributed by atoms with van der Waals surface area (Å²) >= 11 is 1.06. The molecule has 0 aliphatic heterocycles. The van der Waals surface area contributed by atoms with Gasteiger partial charge in [0.15, 0.2) is 11.0 Å². The van der Waals surface area contributed by atoms with Gasteiger partial charge >= 0.3 is 5.97 Å². The smallest absolute Gasteiger partial charge is 0.313 e. The molecule has 0 amide bonds. The highest BCUT2D eigenvalue weighted by Gasteiger charge is 2.17. The minimum absolute atomic E-state index is 0.0315. The van der Waals surface area contributed by atoms with Gasteiger partial charge in [-0.2, -0.15) is 0 Å². The molecule has 1 heterocycles. The molecule has 0 radical (unpaired) electrons. The van der Waals surface area contributed by atoms with Gasteiger partial charge < -0.3 is 5.11 Å². The van der Waals surface area contributed by atoms with Crippen molar-refractivity contribution in [3.05, 3.63) is 46.5 Å². The van der Waals surface area contributed by atoms with Crippen LogP contribution in [0, 0.1) is 17.0 Å². The van der Waals surface area contributed by atoms with E-state index in [0.717, 1.165) is 11.8 Å². The van der Waals surface area contributed by atoms with Crippen molar-refractivity contribution in [3.63, 3.8) is 0 Å². The van der Waals surface area contributed by atoms with Crippen molar-refractivity contribution < 1.29 is 14.8 Å². The molecule has 2 aromatic rings. The molecule has 1 aromatic heterocycles. The van der Waals surface area contributed by atoms with Crippen LogP contribution in [0.15, 0.2) is 36.0 Å². The van der Waals surface area contributed by atoms with Gasteiger partial charge in [-0.05, 0) is 19.1 Å². The molecule has 0 aliphatic rings. The van der Waals surface area contributed by atoms with Crippen LogP contribution in [0.2, 0.25) is 0 Å². The van der Waals surface area contributed by atoms with E-state index in [2.05, 4.69) is 16.8 Å². The largest absolute Gasteiger partial charge is 0.481 e. The van der Waals surface area contributed by atoms with E-state index in [9.17, 15) is 14.9 Å². The molecule has 0 aliphatic carbocycles. The first-order valence-corrected chi connectivity index (χ1v) is 7.56. The third-order valence-electron chi connectivity index (χ3n) is 3.00. The quantitative estimate of drug-likeness (QED) is 0.358. The third-order valence-corrected chi connectivity index (χ3v) is 3.96.